The van der Waals surface area contributed by atoms with Gasteiger partial charge in [0.15, 0.2) is 17.8 Å². The largest absolute Gasteiger partial charge is 0.493 e. The second-order valence-corrected chi connectivity index (χ2v) is 3.96. The number of methoxy groups -OCH3 is 2. The summed E-state index contributed by atoms with van der Waals surface area (Å²) in [4.78, 5) is 27.3. The Morgan fingerprint density at radius 1 is 1.15 bits per heavy atom. The van der Waals surface area contributed by atoms with Crippen molar-refractivity contribution in [2.45, 2.75) is 0 Å². The summed E-state index contributed by atoms with van der Waals surface area (Å²) in [5, 5.41) is 0. The molecular formula is C15H13NO4. The Balaban J connectivity index is 2.46. The lowest BCUT2D eigenvalue weighted by molar-refractivity contribution is 0.102. The Morgan fingerprint density at radius 3 is 2.55 bits per heavy atom. The highest BCUT2D eigenvalue weighted by Crippen LogP contribution is 2.28. The Bertz CT molecular complexity index is 652. The molecule has 0 N–H and O–H groups in total. The molecule has 0 saturated carbocycles. The second kappa shape index (κ2) is 5.97. The van der Waals surface area contributed by atoms with Gasteiger partial charge in [0, 0.05) is 17.3 Å². The molecular weight excluding hydrogens is 258 g/mol. The number of ether oxygens (including phenoxy) is 2. The maximum Gasteiger partial charge on any atom is 0.212 e. The van der Waals surface area contributed by atoms with E-state index >= 15 is 0 Å². The lowest BCUT2D eigenvalue weighted by Gasteiger charge is -2.09. The molecule has 2 aromatic rings. The van der Waals surface area contributed by atoms with Gasteiger partial charge in [0.25, 0.3) is 0 Å². The van der Waals surface area contributed by atoms with Gasteiger partial charge >= 0.3 is 0 Å². The Hall–Kier alpha value is -2.69. The van der Waals surface area contributed by atoms with Gasteiger partial charge in [0.05, 0.1) is 14.2 Å². The predicted octanol–water partition coefficient (Wildman–Crippen LogP) is 2.14. The smallest absolute Gasteiger partial charge is 0.212 e. The van der Waals surface area contributed by atoms with Crippen LogP contribution < -0.4 is 9.47 Å². The number of hydrogen-bond donors (Lipinski definition) is 0. The first-order valence-corrected chi connectivity index (χ1v) is 5.88. The van der Waals surface area contributed by atoms with Crippen LogP contribution in [-0.4, -0.2) is 31.3 Å². The van der Waals surface area contributed by atoms with Gasteiger partial charge in [-0.25, -0.2) is 0 Å². The minimum absolute atomic E-state index is 0.120. The van der Waals surface area contributed by atoms with Crippen molar-refractivity contribution in [3.05, 3.63) is 53.3 Å². The molecule has 0 unspecified atom stereocenters. The normalized spacial score (nSPS) is 9.90. The Morgan fingerprint density at radius 2 is 1.90 bits per heavy atom. The molecule has 0 atom stereocenters. The van der Waals surface area contributed by atoms with Crippen LogP contribution >= 0.6 is 0 Å². The number of nitrogens with zero attached hydrogens (tertiary/aromatic N) is 1. The number of aromatic nitrogens is 1. The van der Waals surface area contributed by atoms with Gasteiger partial charge in [-0.15, -0.1) is 0 Å². The zero-order valence-electron chi connectivity index (χ0n) is 11.1. The number of rotatable bonds is 5. The summed E-state index contributed by atoms with van der Waals surface area (Å²) in [5.41, 5.74) is 0.756. The van der Waals surface area contributed by atoms with Crippen LogP contribution in [-0.2, 0) is 0 Å². The Kier molecular flexibility index (Phi) is 4.10. The molecule has 1 aromatic carbocycles. The highest BCUT2D eigenvalue weighted by molar-refractivity contribution is 6.11. The van der Waals surface area contributed by atoms with Crippen molar-refractivity contribution < 1.29 is 19.1 Å². The summed E-state index contributed by atoms with van der Waals surface area (Å²) in [6.07, 6.45) is 2.09. The molecule has 0 aliphatic heterocycles. The molecule has 20 heavy (non-hydrogen) atoms. The van der Waals surface area contributed by atoms with E-state index in [0.29, 0.717) is 23.3 Å². The molecule has 0 bridgehead atoms. The van der Waals surface area contributed by atoms with Crippen LogP contribution in [0.3, 0.4) is 0 Å². The van der Waals surface area contributed by atoms with Crippen molar-refractivity contribution in [3.8, 4) is 11.5 Å². The minimum atomic E-state index is -0.339. The topological polar surface area (TPSA) is 65.5 Å². The zero-order chi connectivity index (χ0) is 14.5. The summed E-state index contributed by atoms with van der Waals surface area (Å²) >= 11 is 0. The van der Waals surface area contributed by atoms with Crippen molar-refractivity contribution in [1.29, 1.82) is 0 Å². The summed E-state index contributed by atoms with van der Waals surface area (Å²) in [6.45, 7) is 0. The highest BCUT2D eigenvalue weighted by atomic mass is 16.5. The number of ketones is 1. The summed E-state index contributed by atoms with van der Waals surface area (Å²) in [6, 6.07) is 7.95. The second-order valence-electron chi connectivity index (χ2n) is 3.96. The predicted molar refractivity (Wildman–Crippen MR) is 72.6 cm³/mol. The van der Waals surface area contributed by atoms with Crippen LogP contribution in [0.5, 0.6) is 11.5 Å². The number of pyridine rings is 1. The molecule has 0 aliphatic carbocycles. The maximum absolute atomic E-state index is 12.4. The van der Waals surface area contributed by atoms with Gasteiger partial charge in [-0.05, 0) is 30.3 Å². The van der Waals surface area contributed by atoms with Crippen molar-refractivity contribution in [1.82, 2.24) is 4.98 Å². The molecule has 5 heteroatoms. The summed E-state index contributed by atoms with van der Waals surface area (Å²) in [5.74, 6) is 0.635. The zero-order valence-corrected chi connectivity index (χ0v) is 11.1. The molecule has 0 radical (unpaired) electrons. The van der Waals surface area contributed by atoms with Crippen LogP contribution in [0.25, 0.3) is 0 Å². The number of hydrogen-bond acceptors (Lipinski definition) is 5. The maximum atomic E-state index is 12.4. The molecule has 0 amide bonds. The summed E-state index contributed by atoms with van der Waals surface area (Å²) < 4.78 is 10.3. The lowest BCUT2D eigenvalue weighted by Crippen LogP contribution is -2.08. The van der Waals surface area contributed by atoms with Crippen LogP contribution in [0.15, 0.2) is 36.5 Å². The molecule has 0 aliphatic rings. The first kappa shape index (κ1) is 13.7. The monoisotopic (exact) mass is 271 g/mol. The van der Waals surface area contributed by atoms with Gasteiger partial charge in [0.2, 0.25) is 5.78 Å². The molecule has 102 valence electrons. The van der Waals surface area contributed by atoms with E-state index < -0.39 is 0 Å². The third kappa shape index (κ3) is 2.51. The van der Waals surface area contributed by atoms with Crippen molar-refractivity contribution >= 4 is 12.1 Å². The third-order valence-electron chi connectivity index (χ3n) is 2.83. The molecule has 5 nitrogen and oxygen atoms in total. The Labute approximate surface area is 116 Å². The van der Waals surface area contributed by atoms with Crippen molar-refractivity contribution in [2.75, 3.05) is 14.2 Å². The average Bonchev–Trinajstić information content (AvgIpc) is 2.53. The van der Waals surface area contributed by atoms with Gasteiger partial charge in [-0.2, -0.15) is 0 Å². The minimum Gasteiger partial charge on any atom is -0.493 e. The van der Waals surface area contributed by atoms with Gasteiger partial charge in [-0.1, -0.05) is 0 Å². The summed E-state index contributed by atoms with van der Waals surface area (Å²) in [7, 11) is 3.01. The van der Waals surface area contributed by atoms with Crippen molar-refractivity contribution in [3.63, 3.8) is 0 Å². The molecule has 2 rings (SSSR count). The van der Waals surface area contributed by atoms with E-state index in [9.17, 15) is 9.59 Å². The molecule has 1 heterocycles. The molecule has 0 saturated heterocycles. The highest BCUT2D eigenvalue weighted by Gasteiger charge is 2.16. The fourth-order valence-corrected chi connectivity index (χ4v) is 1.82. The first-order valence-electron chi connectivity index (χ1n) is 5.88. The number of carbonyl (C=O) groups is 2. The number of benzene rings is 1. The SMILES string of the molecule is COc1ccc(C(=O)c2ncccc2C=O)cc1OC. The van der Waals surface area contributed by atoms with Gasteiger partial charge in [0.1, 0.15) is 5.69 Å². The molecule has 0 fully saturated rings. The number of carbonyl (C=O) groups excluding carboxylic acids is 2. The number of aldehydes is 1. The van der Waals surface area contributed by atoms with Crippen LogP contribution in [0.2, 0.25) is 0 Å². The van der Waals surface area contributed by atoms with Crippen LogP contribution in [0.4, 0.5) is 0 Å². The molecule has 0 spiro atoms. The van der Waals surface area contributed by atoms with E-state index in [1.165, 1.54) is 20.4 Å². The molecule has 1 aromatic heterocycles. The average molecular weight is 271 g/mol. The standard InChI is InChI=1S/C15H13NO4/c1-19-12-6-5-10(8-13(12)20-2)15(18)14-11(9-17)4-3-7-16-14/h3-9H,1-2H3. The quantitative estimate of drug-likeness (QED) is 0.615. The van der Waals surface area contributed by atoms with E-state index in [1.54, 1.807) is 30.3 Å². The van der Waals surface area contributed by atoms with Gasteiger partial charge < -0.3 is 9.47 Å². The fourth-order valence-electron chi connectivity index (χ4n) is 1.82. The van der Waals surface area contributed by atoms with E-state index in [1.807, 2.05) is 0 Å². The fraction of sp³-hybridized carbons (Fsp3) is 0.133. The first-order chi connectivity index (χ1) is 9.71. The van der Waals surface area contributed by atoms with Crippen LogP contribution in [0.1, 0.15) is 26.4 Å². The van der Waals surface area contributed by atoms with E-state index in [4.69, 9.17) is 9.47 Å². The third-order valence-corrected chi connectivity index (χ3v) is 2.83. The van der Waals surface area contributed by atoms with E-state index in [0.717, 1.165) is 0 Å². The van der Waals surface area contributed by atoms with Crippen molar-refractivity contribution in [2.24, 2.45) is 0 Å². The van der Waals surface area contributed by atoms with Gasteiger partial charge in [-0.3, -0.25) is 14.6 Å². The van der Waals surface area contributed by atoms with E-state index in [2.05, 4.69) is 4.98 Å². The lowest BCUT2D eigenvalue weighted by atomic mass is 10.0. The van der Waals surface area contributed by atoms with Crippen LogP contribution in [0, 0.1) is 0 Å². The van der Waals surface area contributed by atoms with E-state index in [-0.39, 0.29) is 17.0 Å².